The maximum atomic E-state index is 12.6. The van der Waals surface area contributed by atoms with Gasteiger partial charge >= 0.3 is 11.9 Å². The molecular weight excluding hydrogens is 410 g/mol. The Hall–Kier alpha value is -3.07. The molecule has 1 N–H and O–H groups in total. The third kappa shape index (κ3) is 5.29. The van der Waals surface area contributed by atoms with Crippen LogP contribution in [0.3, 0.4) is 0 Å². The number of methoxy groups -OCH3 is 2. The fraction of sp³-hybridized carbons (Fsp3) is 0.381. The number of hydrogen-bond acceptors (Lipinski definition) is 8. The molecule has 2 aromatic rings. The van der Waals surface area contributed by atoms with Gasteiger partial charge in [0, 0.05) is 0 Å². The molecule has 0 aliphatic heterocycles. The van der Waals surface area contributed by atoms with E-state index >= 15 is 0 Å². The van der Waals surface area contributed by atoms with E-state index in [4.69, 9.17) is 18.9 Å². The molecular formula is C21H25NO7S. The number of carbonyl (C=O) groups excluding carboxylic acids is 3. The number of amides is 1. The van der Waals surface area contributed by atoms with Gasteiger partial charge in [0.25, 0.3) is 0 Å². The van der Waals surface area contributed by atoms with Crippen LogP contribution in [0.25, 0.3) is 0 Å². The van der Waals surface area contributed by atoms with Gasteiger partial charge in [0.15, 0.2) is 11.5 Å². The van der Waals surface area contributed by atoms with E-state index in [1.54, 1.807) is 39.0 Å². The smallest absolute Gasteiger partial charge is 0.348 e. The monoisotopic (exact) mass is 435 g/mol. The summed E-state index contributed by atoms with van der Waals surface area (Å²) >= 11 is 0.989. The average Bonchev–Trinajstić information content (AvgIpc) is 3.03. The summed E-state index contributed by atoms with van der Waals surface area (Å²) in [5.41, 5.74) is 1.27. The van der Waals surface area contributed by atoms with Crippen molar-refractivity contribution in [2.75, 3.05) is 32.8 Å². The number of anilines is 1. The molecule has 0 atom stereocenters. The summed E-state index contributed by atoms with van der Waals surface area (Å²) in [5.74, 6) is -0.454. The first-order valence-corrected chi connectivity index (χ1v) is 10.2. The molecule has 0 unspecified atom stereocenters. The molecule has 1 aromatic heterocycles. The van der Waals surface area contributed by atoms with Crippen molar-refractivity contribution in [3.05, 3.63) is 39.8 Å². The lowest BCUT2D eigenvalue weighted by Gasteiger charge is -2.10. The summed E-state index contributed by atoms with van der Waals surface area (Å²) in [6.45, 7) is 5.37. The quantitative estimate of drug-likeness (QED) is 0.601. The molecule has 9 heteroatoms. The minimum absolute atomic E-state index is 0.0360. The van der Waals surface area contributed by atoms with Crippen LogP contribution in [0, 0.1) is 6.92 Å². The van der Waals surface area contributed by atoms with E-state index < -0.39 is 11.9 Å². The first kappa shape index (κ1) is 23.2. The van der Waals surface area contributed by atoms with Gasteiger partial charge in [-0.1, -0.05) is 6.07 Å². The average molecular weight is 435 g/mol. The van der Waals surface area contributed by atoms with Gasteiger partial charge in [0.05, 0.1) is 39.4 Å². The van der Waals surface area contributed by atoms with Crippen LogP contribution in [-0.2, 0) is 20.7 Å². The number of benzene rings is 1. The Morgan fingerprint density at radius 3 is 2.20 bits per heavy atom. The molecule has 0 aliphatic rings. The molecule has 2 rings (SSSR count). The van der Waals surface area contributed by atoms with Gasteiger partial charge in [0.2, 0.25) is 5.91 Å². The van der Waals surface area contributed by atoms with Gasteiger partial charge < -0.3 is 24.3 Å². The molecule has 0 radical (unpaired) electrons. The highest BCUT2D eigenvalue weighted by Crippen LogP contribution is 2.34. The SMILES string of the molecule is CCOC(=O)c1sc(NC(=O)Cc2ccc(OC)c(OC)c2)c(C(=O)OCC)c1C. The molecule has 0 spiro atoms. The fourth-order valence-corrected chi connectivity index (χ4v) is 3.89. The third-order valence-corrected chi connectivity index (χ3v) is 5.34. The van der Waals surface area contributed by atoms with Gasteiger partial charge in [-0.25, -0.2) is 9.59 Å². The van der Waals surface area contributed by atoms with E-state index in [1.807, 2.05) is 0 Å². The van der Waals surface area contributed by atoms with Crippen molar-refractivity contribution in [1.82, 2.24) is 0 Å². The van der Waals surface area contributed by atoms with Gasteiger partial charge in [-0.15, -0.1) is 11.3 Å². The van der Waals surface area contributed by atoms with Crippen molar-refractivity contribution >= 4 is 34.2 Å². The highest BCUT2D eigenvalue weighted by atomic mass is 32.1. The Balaban J connectivity index is 2.29. The van der Waals surface area contributed by atoms with E-state index in [-0.39, 0.29) is 41.0 Å². The van der Waals surface area contributed by atoms with Crippen LogP contribution in [0.15, 0.2) is 18.2 Å². The number of ether oxygens (including phenoxy) is 4. The van der Waals surface area contributed by atoms with Crippen LogP contribution in [0.2, 0.25) is 0 Å². The van der Waals surface area contributed by atoms with E-state index in [1.165, 1.54) is 14.2 Å². The van der Waals surface area contributed by atoms with Gasteiger partial charge in [-0.3, -0.25) is 4.79 Å². The predicted molar refractivity (Wildman–Crippen MR) is 113 cm³/mol. The zero-order chi connectivity index (χ0) is 22.3. The van der Waals surface area contributed by atoms with Gasteiger partial charge in [0.1, 0.15) is 9.88 Å². The fourth-order valence-electron chi connectivity index (χ4n) is 2.79. The zero-order valence-corrected chi connectivity index (χ0v) is 18.4. The summed E-state index contributed by atoms with van der Waals surface area (Å²) in [6, 6.07) is 5.16. The Kier molecular flexibility index (Phi) is 8.23. The Bertz CT molecular complexity index is 936. The van der Waals surface area contributed by atoms with Crippen molar-refractivity contribution in [3.8, 4) is 11.5 Å². The van der Waals surface area contributed by atoms with Crippen molar-refractivity contribution in [3.63, 3.8) is 0 Å². The van der Waals surface area contributed by atoms with E-state index in [2.05, 4.69) is 5.32 Å². The molecule has 0 saturated heterocycles. The standard InChI is InChI=1S/C21H25NO7S/c1-6-28-20(24)17-12(3)18(21(25)29-7-2)30-19(17)22-16(23)11-13-8-9-14(26-4)15(10-13)27-5/h8-10H,6-7,11H2,1-5H3,(H,22,23). The van der Waals surface area contributed by atoms with Crippen LogP contribution < -0.4 is 14.8 Å². The van der Waals surface area contributed by atoms with Crippen molar-refractivity contribution in [2.24, 2.45) is 0 Å². The number of thiophene rings is 1. The molecule has 30 heavy (non-hydrogen) atoms. The molecule has 1 aromatic carbocycles. The highest BCUT2D eigenvalue weighted by Gasteiger charge is 2.27. The first-order chi connectivity index (χ1) is 14.4. The summed E-state index contributed by atoms with van der Waals surface area (Å²) < 4.78 is 20.6. The Morgan fingerprint density at radius 1 is 0.967 bits per heavy atom. The number of rotatable bonds is 9. The lowest BCUT2D eigenvalue weighted by molar-refractivity contribution is -0.115. The van der Waals surface area contributed by atoms with Crippen molar-refractivity contribution < 1.29 is 33.3 Å². The van der Waals surface area contributed by atoms with E-state index in [0.717, 1.165) is 11.3 Å². The molecule has 162 valence electrons. The van der Waals surface area contributed by atoms with Crippen LogP contribution >= 0.6 is 11.3 Å². The largest absolute Gasteiger partial charge is 0.493 e. The second-order valence-corrected chi connectivity index (χ2v) is 7.14. The molecule has 0 bridgehead atoms. The zero-order valence-electron chi connectivity index (χ0n) is 17.6. The minimum atomic E-state index is -0.608. The summed E-state index contributed by atoms with van der Waals surface area (Å²) in [7, 11) is 3.04. The lowest BCUT2D eigenvalue weighted by atomic mass is 10.1. The summed E-state index contributed by atoms with van der Waals surface area (Å²) in [6.07, 6.45) is 0.0360. The number of hydrogen-bond donors (Lipinski definition) is 1. The van der Waals surface area contributed by atoms with Gasteiger partial charge in [-0.2, -0.15) is 0 Å². The number of esters is 2. The summed E-state index contributed by atoms with van der Waals surface area (Å²) in [4.78, 5) is 37.5. The maximum absolute atomic E-state index is 12.6. The Morgan fingerprint density at radius 2 is 1.60 bits per heavy atom. The Labute approximate surface area is 179 Å². The van der Waals surface area contributed by atoms with Crippen LogP contribution in [0.4, 0.5) is 5.00 Å². The van der Waals surface area contributed by atoms with E-state index in [0.29, 0.717) is 22.6 Å². The molecule has 0 fully saturated rings. The van der Waals surface area contributed by atoms with Crippen LogP contribution in [-0.4, -0.2) is 45.3 Å². The van der Waals surface area contributed by atoms with Crippen LogP contribution in [0.1, 0.15) is 45.0 Å². The molecule has 1 amide bonds. The number of nitrogens with one attached hydrogen (secondary N) is 1. The molecule has 0 saturated carbocycles. The van der Waals surface area contributed by atoms with Gasteiger partial charge in [-0.05, 0) is 44.0 Å². The lowest BCUT2D eigenvalue weighted by Crippen LogP contribution is -2.16. The minimum Gasteiger partial charge on any atom is -0.493 e. The molecule has 1 heterocycles. The normalized spacial score (nSPS) is 10.3. The second-order valence-electron chi connectivity index (χ2n) is 6.12. The van der Waals surface area contributed by atoms with Crippen molar-refractivity contribution in [2.45, 2.75) is 27.2 Å². The maximum Gasteiger partial charge on any atom is 0.348 e. The van der Waals surface area contributed by atoms with Crippen LogP contribution in [0.5, 0.6) is 11.5 Å². The molecule has 8 nitrogen and oxygen atoms in total. The number of carbonyl (C=O) groups is 3. The van der Waals surface area contributed by atoms with E-state index in [9.17, 15) is 14.4 Å². The first-order valence-electron chi connectivity index (χ1n) is 9.34. The summed E-state index contributed by atoms with van der Waals surface area (Å²) in [5, 5.41) is 2.97. The topological polar surface area (TPSA) is 100 Å². The predicted octanol–water partition coefficient (Wildman–Crippen LogP) is 3.61. The van der Waals surface area contributed by atoms with Crippen molar-refractivity contribution in [1.29, 1.82) is 0 Å². The second kappa shape index (κ2) is 10.6. The highest BCUT2D eigenvalue weighted by molar-refractivity contribution is 7.18. The molecule has 0 aliphatic carbocycles. The third-order valence-electron chi connectivity index (χ3n) is 4.15.